The number of hydrogen-bond acceptors (Lipinski definition) is 3. The van der Waals surface area contributed by atoms with Gasteiger partial charge in [0, 0.05) is 23.3 Å². The average molecular weight is 348 g/mol. The van der Waals surface area contributed by atoms with Crippen molar-refractivity contribution < 1.29 is 18.0 Å². The minimum absolute atomic E-state index is 0.0227. The lowest BCUT2D eigenvalue weighted by molar-refractivity contribution is -0.137. The number of rotatable bonds is 3. The summed E-state index contributed by atoms with van der Waals surface area (Å²) in [7, 11) is 1.64. The van der Waals surface area contributed by atoms with Gasteiger partial charge in [-0.15, -0.1) is 5.10 Å². The second kappa shape index (κ2) is 5.35. The summed E-state index contributed by atoms with van der Waals surface area (Å²) in [5, 5.41) is 7.40. The van der Waals surface area contributed by atoms with Gasteiger partial charge in [0.2, 0.25) is 0 Å². The Kier molecular flexibility index (Phi) is 3.94. The summed E-state index contributed by atoms with van der Waals surface area (Å²) in [6.07, 6.45) is -3.05. The Hall–Kier alpha value is -1.70. The molecule has 0 fully saturated rings. The SMILES string of the molecule is Cn1cc(CC(=O)c2cc(C(F)(F)F)ccc2Br)nn1. The van der Waals surface area contributed by atoms with E-state index in [9.17, 15) is 18.0 Å². The summed E-state index contributed by atoms with van der Waals surface area (Å²) < 4.78 is 39.7. The van der Waals surface area contributed by atoms with E-state index in [0.717, 1.165) is 12.1 Å². The van der Waals surface area contributed by atoms with Crippen LogP contribution in [0, 0.1) is 0 Å². The number of aromatic nitrogens is 3. The minimum Gasteiger partial charge on any atom is -0.294 e. The molecular weight excluding hydrogens is 339 g/mol. The lowest BCUT2D eigenvalue weighted by atomic mass is 10.0. The van der Waals surface area contributed by atoms with E-state index < -0.39 is 17.5 Å². The van der Waals surface area contributed by atoms with Crippen molar-refractivity contribution in [1.82, 2.24) is 15.0 Å². The van der Waals surface area contributed by atoms with E-state index >= 15 is 0 Å². The number of carbonyl (C=O) groups is 1. The minimum atomic E-state index is -4.48. The van der Waals surface area contributed by atoms with Crippen molar-refractivity contribution in [2.24, 2.45) is 7.05 Å². The van der Waals surface area contributed by atoms with E-state index in [1.807, 2.05) is 0 Å². The molecule has 0 aliphatic rings. The molecule has 0 saturated heterocycles. The van der Waals surface area contributed by atoms with Crippen LogP contribution in [0.4, 0.5) is 13.2 Å². The third-order valence-corrected chi connectivity index (χ3v) is 3.28. The standard InChI is InChI=1S/C12H9BrF3N3O/c1-19-6-8(17-18-19)5-11(20)9-4-7(12(14,15)16)2-3-10(9)13/h2-4,6H,5H2,1H3. The summed E-state index contributed by atoms with van der Waals surface area (Å²) in [4.78, 5) is 12.0. The first-order chi connectivity index (χ1) is 9.27. The van der Waals surface area contributed by atoms with E-state index in [2.05, 4.69) is 26.2 Å². The Balaban J connectivity index is 2.29. The molecule has 0 bridgehead atoms. The molecule has 2 rings (SSSR count). The molecule has 0 atom stereocenters. The number of benzene rings is 1. The van der Waals surface area contributed by atoms with Gasteiger partial charge in [-0.25, -0.2) is 0 Å². The first kappa shape index (κ1) is 14.7. The number of aryl methyl sites for hydroxylation is 1. The van der Waals surface area contributed by atoms with Crippen LogP contribution < -0.4 is 0 Å². The molecular formula is C12H9BrF3N3O. The molecule has 2 aromatic rings. The first-order valence-corrected chi connectivity index (χ1v) is 6.32. The lowest BCUT2D eigenvalue weighted by Gasteiger charge is -2.09. The fourth-order valence-corrected chi connectivity index (χ4v) is 2.12. The molecule has 20 heavy (non-hydrogen) atoms. The number of halogens is 4. The lowest BCUT2D eigenvalue weighted by Crippen LogP contribution is -2.10. The zero-order valence-corrected chi connectivity index (χ0v) is 11.9. The van der Waals surface area contributed by atoms with Crippen LogP contribution in [0.5, 0.6) is 0 Å². The van der Waals surface area contributed by atoms with Crippen LogP contribution >= 0.6 is 15.9 Å². The molecule has 0 amide bonds. The van der Waals surface area contributed by atoms with Crippen LogP contribution in [-0.4, -0.2) is 20.8 Å². The third-order valence-electron chi connectivity index (χ3n) is 2.59. The van der Waals surface area contributed by atoms with Gasteiger partial charge < -0.3 is 0 Å². The summed E-state index contributed by atoms with van der Waals surface area (Å²) in [6.45, 7) is 0. The van der Waals surface area contributed by atoms with Gasteiger partial charge in [0.05, 0.1) is 17.7 Å². The molecule has 0 aliphatic carbocycles. The van der Waals surface area contributed by atoms with E-state index in [1.54, 1.807) is 13.2 Å². The number of alkyl halides is 3. The van der Waals surface area contributed by atoms with Gasteiger partial charge in [-0.1, -0.05) is 21.1 Å². The van der Waals surface area contributed by atoms with Gasteiger partial charge in [0.25, 0.3) is 0 Å². The highest BCUT2D eigenvalue weighted by Gasteiger charge is 2.31. The molecule has 0 spiro atoms. The van der Waals surface area contributed by atoms with Gasteiger partial charge in [-0.3, -0.25) is 9.48 Å². The summed E-state index contributed by atoms with van der Waals surface area (Å²) in [6, 6.07) is 2.97. The van der Waals surface area contributed by atoms with Crippen LogP contribution in [0.15, 0.2) is 28.9 Å². The van der Waals surface area contributed by atoms with Crippen LogP contribution in [0.1, 0.15) is 21.6 Å². The second-order valence-electron chi connectivity index (χ2n) is 4.18. The molecule has 106 valence electrons. The van der Waals surface area contributed by atoms with Crippen LogP contribution in [0.2, 0.25) is 0 Å². The Labute approximate surface area is 120 Å². The van der Waals surface area contributed by atoms with Crippen molar-refractivity contribution >= 4 is 21.7 Å². The highest BCUT2D eigenvalue weighted by molar-refractivity contribution is 9.10. The molecule has 0 radical (unpaired) electrons. The maximum atomic E-state index is 12.6. The van der Waals surface area contributed by atoms with Crippen molar-refractivity contribution in [3.63, 3.8) is 0 Å². The Morgan fingerprint density at radius 2 is 2.10 bits per heavy atom. The predicted octanol–water partition coefficient (Wildman–Crippen LogP) is 3.02. The van der Waals surface area contributed by atoms with Gasteiger partial charge >= 0.3 is 6.18 Å². The van der Waals surface area contributed by atoms with Crippen molar-refractivity contribution in [2.45, 2.75) is 12.6 Å². The largest absolute Gasteiger partial charge is 0.416 e. The monoisotopic (exact) mass is 347 g/mol. The van der Waals surface area contributed by atoms with Crippen LogP contribution in [-0.2, 0) is 19.6 Å². The molecule has 1 aromatic carbocycles. The fraction of sp³-hybridized carbons (Fsp3) is 0.250. The molecule has 0 N–H and O–H groups in total. The van der Waals surface area contributed by atoms with Crippen LogP contribution in [0.25, 0.3) is 0 Å². The zero-order valence-electron chi connectivity index (χ0n) is 10.3. The zero-order chi connectivity index (χ0) is 14.9. The number of nitrogens with zero attached hydrogens (tertiary/aromatic N) is 3. The topological polar surface area (TPSA) is 47.8 Å². The Morgan fingerprint density at radius 1 is 1.40 bits per heavy atom. The molecule has 0 aliphatic heterocycles. The van der Waals surface area contributed by atoms with Gasteiger partial charge in [-0.05, 0) is 18.2 Å². The smallest absolute Gasteiger partial charge is 0.294 e. The maximum absolute atomic E-state index is 12.6. The predicted molar refractivity (Wildman–Crippen MR) is 68.2 cm³/mol. The highest BCUT2D eigenvalue weighted by Crippen LogP contribution is 2.32. The molecule has 4 nitrogen and oxygen atoms in total. The normalized spacial score (nSPS) is 11.7. The summed E-state index contributed by atoms with van der Waals surface area (Å²) in [5.74, 6) is -0.455. The quantitative estimate of drug-likeness (QED) is 0.802. The molecule has 1 aromatic heterocycles. The van der Waals surface area contributed by atoms with Gasteiger partial charge in [0.1, 0.15) is 0 Å². The summed E-state index contributed by atoms with van der Waals surface area (Å²) in [5.41, 5.74) is -0.476. The number of Topliss-reactive ketones (excluding diaryl/α,β-unsaturated/α-hetero) is 1. The molecule has 8 heteroatoms. The fourth-order valence-electron chi connectivity index (χ4n) is 1.65. The first-order valence-electron chi connectivity index (χ1n) is 5.52. The van der Waals surface area contributed by atoms with E-state index in [-0.39, 0.29) is 12.0 Å². The molecule has 0 saturated carbocycles. The van der Waals surface area contributed by atoms with Crippen molar-refractivity contribution in [3.8, 4) is 0 Å². The van der Waals surface area contributed by atoms with Crippen molar-refractivity contribution in [2.75, 3.05) is 0 Å². The number of ketones is 1. The van der Waals surface area contributed by atoms with Crippen molar-refractivity contribution in [3.05, 3.63) is 45.7 Å². The maximum Gasteiger partial charge on any atom is 0.416 e. The van der Waals surface area contributed by atoms with E-state index in [1.165, 1.54) is 10.7 Å². The van der Waals surface area contributed by atoms with Crippen molar-refractivity contribution in [1.29, 1.82) is 0 Å². The Bertz CT molecular complexity index is 652. The van der Waals surface area contributed by atoms with E-state index in [0.29, 0.717) is 10.2 Å². The Morgan fingerprint density at radius 3 is 2.65 bits per heavy atom. The highest BCUT2D eigenvalue weighted by atomic mass is 79.9. The summed E-state index contributed by atoms with van der Waals surface area (Å²) >= 11 is 3.09. The number of hydrogen-bond donors (Lipinski definition) is 0. The average Bonchev–Trinajstić information content (AvgIpc) is 2.73. The molecule has 0 unspecified atom stereocenters. The molecule has 1 heterocycles. The number of carbonyl (C=O) groups excluding carboxylic acids is 1. The van der Waals surface area contributed by atoms with Gasteiger partial charge in [-0.2, -0.15) is 13.2 Å². The van der Waals surface area contributed by atoms with Crippen LogP contribution in [0.3, 0.4) is 0 Å². The van der Waals surface area contributed by atoms with Gasteiger partial charge in [0.15, 0.2) is 5.78 Å². The third kappa shape index (κ3) is 3.24. The van der Waals surface area contributed by atoms with E-state index in [4.69, 9.17) is 0 Å². The second-order valence-corrected chi connectivity index (χ2v) is 5.03.